The van der Waals surface area contributed by atoms with Crippen LogP contribution in [0.2, 0.25) is 0 Å². The van der Waals surface area contributed by atoms with E-state index in [0.717, 1.165) is 18.9 Å². The van der Waals surface area contributed by atoms with Gasteiger partial charge in [0.25, 0.3) is 0 Å². The van der Waals surface area contributed by atoms with Crippen LogP contribution in [0.15, 0.2) is 11.8 Å². The van der Waals surface area contributed by atoms with Crippen molar-refractivity contribution in [2.45, 2.75) is 33.1 Å². The van der Waals surface area contributed by atoms with Gasteiger partial charge in [0.15, 0.2) is 0 Å². The van der Waals surface area contributed by atoms with Crippen molar-refractivity contribution in [2.24, 2.45) is 5.92 Å². The third-order valence-electron chi connectivity index (χ3n) is 2.16. The fraction of sp³-hybridized carbons (Fsp3) is 0.778. The molecule has 0 N–H and O–H groups in total. The van der Waals surface area contributed by atoms with Gasteiger partial charge in [0, 0.05) is 0 Å². The Morgan fingerprint density at radius 2 is 2.40 bits per heavy atom. The molecule has 0 radical (unpaired) electrons. The predicted molar refractivity (Wildman–Crippen MR) is 42.7 cm³/mol. The molecular formula is C9H16O. The average molecular weight is 140 g/mol. The third kappa shape index (κ3) is 1.76. The molecule has 1 aliphatic rings. The van der Waals surface area contributed by atoms with Gasteiger partial charge in [-0.1, -0.05) is 13.8 Å². The summed E-state index contributed by atoms with van der Waals surface area (Å²) in [6.45, 7) is 5.35. The summed E-state index contributed by atoms with van der Waals surface area (Å²) in [4.78, 5) is 0. The van der Waals surface area contributed by atoms with Crippen LogP contribution in [0.4, 0.5) is 0 Å². The normalized spacial score (nSPS) is 25.4. The lowest BCUT2D eigenvalue weighted by atomic mass is 9.95. The molecule has 0 aromatic heterocycles. The second kappa shape index (κ2) is 3.65. The molecule has 0 aromatic carbocycles. The molecule has 0 spiro atoms. The Kier molecular flexibility index (Phi) is 2.79. The molecule has 58 valence electrons. The van der Waals surface area contributed by atoms with Gasteiger partial charge < -0.3 is 4.74 Å². The second-order valence-corrected chi connectivity index (χ2v) is 2.94. The maximum atomic E-state index is 5.31. The topological polar surface area (TPSA) is 9.23 Å². The minimum atomic E-state index is 0.778. The van der Waals surface area contributed by atoms with Crippen molar-refractivity contribution in [1.82, 2.24) is 0 Å². The summed E-state index contributed by atoms with van der Waals surface area (Å²) in [5, 5.41) is 0. The lowest BCUT2D eigenvalue weighted by Gasteiger charge is -2.20. The molecular weight excluding hydrogens is 124 g/mol. The fourth-order valence-electron chi connectivity index (χ4n) is 1.27. The van der Waals surface area contributed by atoms with E-state index in [2.05, 4.69) is 13.8 Å². The number of rotatable bonds is 2. The van der Waals surface area contributed by atoms with Crippen LogP contribution in [-0.4, -0.2) is 6.61 Å². The van der Waals surface area contributed by atoms with E-state index in [4.69, 9.17) is 4.74 Å². The highest BCUT2D eigenvalue weighted by atomic mass is 16.5. The minimum absolute atomic E-state index is 0.778. The first-order valence-corrected chi connectivity index (χ1v) is 4.16. The van der Waals surface area contributed by atoms with Crippen molar-refractivity contribution in [3.63, 3.8) is 0 Å². The van der Waals surface area contributed by atoms with Crippen molar-refractivity contribution < 1.29 is 4.74 Å². The first-order valence-electron chi connectivity index (χ1n) is 4.16. The van der Waals surface area contributed by atoms with Gasteiger partial charge in [-0.25, -0.2) is 0 Å². The fourth-order valence-corrected chi connectivity index (χ4v) is 1.27. The molecule has 0 bridgehead atoms. The molecule has 1 heteroatoms. The number of hydrogen-bond acceptors (Lipinski definition) is 1. The first-order chi connectivity index (χ1) is 4.86. The highest BCUT2D eigenvalue weighted by Gasteiger charge is 2.12. The summed E-state index contributed by atoms with van der Waals surface area (Å²) in [7, 11) is 0. The number of hydrogen-bond donors (Lipinski definition) is 0. The first kappa shape index (κ1) is 7.64. The number of ether oxygens (including phenoxy) is 1. The molecule has 0 fully saturated rings. The van der Waals surface area contributed by atoms with Crippen molar-refractivity contribution in [3.05, 3.63) is 11.8 Å². The molecule has 1 atom stereocenters. The van der Waals surface area contributed by atoms with E-state index in [1.54, 1.807) is 0 Å². The zero-order chi connectivity index (χ0) is 7.40. The van der Waals surface area contributed by atoms with Crippen LogP contribution in [0.1, 0.15) is 33.1 Å². The van der Waals surface area contributed by atoms with Crippen molar-refractivity contribution in [1.29, 1.82) is 0 Å². The van der Waals surface area contributed by atoms with E-state index in [1.807, 2.05) is 6.26 Å². The van der Waals surface area contributed by atoms with Gasteiger partial charge in [0.1, 0.15) is 0 Å². The van der Waals surface area contributed by atoms with Gasteiger partial charge in [-0.3, -0.25) is 0 Å². The van der Waals surface area contributed by atoms with Crippen molar-refractivity contribution in [2.75, 3.05) is 6.61 Å². The summed E-state index contributed by atoms with van der Waals surface area (Å²) >= 11 is 0. The van der Waals surface area contributed by atoms with Gasteiger partial charge >= 0.3 is 0 Å². The van der Waals surface area contributed by atoms with Crippen LogP contribution in [0.25, 0.3) is 0 Å². The van der Waals surface area contributed by atoms with Gasteiger partial charge in [-0.2, -0.15) is 0 Å². The Morgan fingerprint density at radius 1 is 1.60 bits per heavy atom. The Labute approximate surface area is 63.1 Å². The Hall–Kier alpha value is -0.460. The van der Waals surface area contributed by atoms with E-state index in [1.165, 1.54) is 18.4 Å². The molecule has 0 amide bonds. The lowest BCUT2D eigenvalue weighted by Crippen LogP contribution is -2.12. The summed E-state index contributed by atoms with van der Waals surface area (Å²) in [6.07, 6.45) is 5.59. The maximum Gasteiger partial charge on any atom is 0.0904 e. The van der Waals surface area contributed by atoms with Gasteiger partial charge in [-0.15, -0.1) is 0 Å². The van der Waals surface area contributed by atoms with Gasteiger partial charge in [0.2, 0.25) is 0 Å². The van der Waals surface area contributed by atoms with Crippen molar-refractivity contribution in [3.8, 4) is 0 Å². The Bertz CT molecular complexity index is 127. The summed E-state index contributed by atoms with van der Waals surface area (Å²) in [6, 6.07) is 0. The second-order valence-electron chi connectivity index (χ2n) is 2.94. The van der Waals surface area contributed by atoms with Crippen LogP contribution in [0.3, 0.4) is 0 Å². The molecule has 1 rings (SSSR count). The number of allylic oxidation sites excluding steroid dienone is 1. The standard InChI is InChI=1S/C9H16O/c1-3-8-5-9(4-2)7-10-6-8/h6,9H,3-5,7H2,1-2H3. The molecule has 0 saturated heterocycles. The molecule has 1 heterocycles. The molecule has 0 aliphatic carbocycles. The molecule has 10 heavy (non-hydrogen) atoms. The molecule has 1 unspecified atom stereocenters. The third-order valence-corrected chi connectivity index (χ3v) is 2.16. The molecule has 1 aliphatic heterocycles. The summed E-state index contributed by atoms with van der Waals surface area (Å²) in [5.41, 5.74) is 1.47. The van der Waals surface area contributed by atoms with E-state index >= 15 is 0 Å². The Balaban J connectivity index is 2.40. The lowest BCUT2D eigenvalue weighted by molar-refractivity contribution is 0.166. The zero-order valence-corrected chi connectivity index (χ0v) is 6.89. The highest BCUT2D eigenvalue weighted by Crippen LogP contribution is 2.22. The van der Waals surface area contributed by atoms with E-state index in [0.29, 0.717) is 0 Å². The minimum Gasteiger partial charge on any atom is -0.501 e. The average Bonchev–Trinajstić information content (AvgIpc) is 2.05. The maximum absolute atomic E-state index is 5.31. The van der Waals surface area contributed by atoms with Gasteiger partial charge in [-0.05, 0) is 30.8 Å². The monoisotopic (exact) mass is 140 g/mol. The quantitative estimate of drug-likeness (QED) is 0.573. The van der Waals surface area contributed by atoms with Crippen LogP contribution < -0.4 is 0 Å². The SMILES string of the molecule is CCC1=COCC(CC)C1. The Morgan fingerprint density at radius 3 is 3.00 bits per heavy atom. The summed E-state index contributed by atoms with van der Waals surface area (Å²) in [5.74, 6) is 0.778. The van der Waals surface area contributed by atoms with Crippen LogP contribution in [-0.2, 0) is 4.74 Å². The predicted octanol–water partition coefficient (Wildman–Crippen LogP) is 2.73. The largest absolute Gasteiger partial charge is 0.501 e. The zero-order valence-electron chi connectivity index (χ0n) is 6.89. The summed E-state index contributed by atoms with van der Waals surface area (Å²) < 4.78 is 5.31. The van der Waals surface area contributed by atoms with E-state index in [-0.39, 0.29) is 0 Å². The van der Waals surface area contributed by atoms with Crippen molar-refractivity contribution >= 4 is 0 Å². The smallest absolute Gasteiger partial charge is 0.0904 e. The van der Waals surface area contributed by atoms with Crippen LogP contribution in [0, 0.1) is 5.92 Å². The van der Waals surface area contributed by atoms with E-state index < -0.39 is 0 Å². The molecule has 0 aromatic rings. The van der Waals surface area contributed by atoms with Crippen LogP contribution >= 0.6 is 0 Å². The molecule has 1 nitrogen and oxygen atoms in total. The van der Waals surface area contributed by atoms with E-state index in [9.17, 15) is 0 Å². The van der Waals surface area contributed by atoms with Gasteiger partial charge in [0.05, 0.1) is 12.9 Å². The molecule has 0 saturated carbocycles. The highest BCUT2D eigenvalue weighted by molar-refractivity contribution is 5.00. The van der Waals surface area contributed by atoms with Crippen LogP contribution in [0.5, 0.6) is 0 Å².